The van der Waals surface area contributed by atoms with E-state index in [9.17, 15) is 0 Å². The highest BCUT2D eigenvalue weighted by atomic mass is 32.1. The van der Waals surface area contributed by atoms with E-state index in [4.69, 9.17) is 4.42 Å². The summed E-state index contributed by atoms with van der Waals surface area (Å²) in [6, 6.07) is 59.0. The molecule has 0 bridgehead atoms. The molecule has 0 aliphatic carbocycles. The number of rotatable bonds is 4. The first kappa shape index (κ1) is 26.3. The molecular weight excluding hydrogens is 591 g/mol. The van der Waals surface area contributed by atoms with Crippen LogP contribution in [0, 0.1) is 0 Å². The van der Waals surface area contributed by atoms with Crippen molar-refractivity contribution in [3.8, 4) is 11.1 Å². The minimum Gasteiger partial charge on any atom is -0.454 e. The average Bonchev–Trinajstić information content (AvgIpc) is 3.71. The van der Waals surface area contributed by atoms with Gasteiger partial charge in [0.1, 0.15) is 5.58 Å². The van der Waals surface area contributed by atoms with Crippen molar-refractivity contribution in [2.75, 3.05) is 4.90 Å². The monoisotopic (exact) mass is 617 g/mol. The average molecular weight is 618 g/mol. The van der Waals surface area contributed by atoms with Crippen LogP contribution in [0.3, 0.4) is 0 Å². The second-order valence-corrected chi connectivity index (χ2v) is 13.2. The number of fused-ring (bicyclic) bond motifs is 9. The molecule has 47 heavy (non-hydrogen) atoms. The Morgan fingerprint density at radius 1 is 0.447 bits per heavy atom. The Morgan fingerprint density at radius 3 is 2.09 bits per heavy atom. The Labute approximate surface area is 275 Å². The fourth-order valence-corrected chi connectivity index (χ4v) is 8.40. The molecule has 0 aliphatic rings. The van der Waals surface area contributed by atoms with Gasteiger partial charge in [-0.3, -0.25) is 0 Å². The lowest BCUT2D eigenvalue weighted by molar-refractivity contribution is 0.669. The molecule has 0 fully saturated rings. The van der Waals surface area contributed by atoms with Gasteiger partial charge in [-0.25, -0.2) is 0 Å². The molecule has 0 unspecified atom stereocenters. The van der Waals surface area contributed by atoms with Crippen LogP contribution >= 0.6 is 11.3 Å². The highest BCUT2D eigenvalue weighted by molar-refractivity contribution is 7.26. The summed E-state index contributed by atoms with van der Waals surface area (Å²) >= 11 is 1.86. The van der Waals surface area contributed by atoms with Crippen LogP contribution < -0.4 is 4.90 Å². The Hall–Kier alpha value is -5.90. The largest absolute Gasteiger partial charge is 0.454 e. The minimum absolute atomic E-state index is 0.881. The molecule has 3 heteroatoms. The molecule has 0 aliphatic heterocycles. The van der Waals surface area contributed by atoms with Crippen molar-refractivity contribution in [1.82, 2.24) is 0 Å². The van der Waals surface area contributed by atoms with Gasteiger partial charge in [-0.2, -0.15) is 0 Å². The maximum absolute atomic E-state index is 6.59. The standard InChI is InChI=1S/C44H27NOS/c1-2-11-33-28(9-1)10-7-14-34(33)29-19-22-31(23-20-29)45(39-16-8-15-37-36-12-3-5-17-40(36)46-44(37)39)32-24-25-35-30(27-32)21-26-42-43(35)38-13-4-6-18-41(38)47-42/h1-27H. The molecule has 10 aromatic rings. The van der Waals surface area contributed by atoms with E-state index >= 15 is 0 Å². The summed E-state index contributed by atoms with van der Waals surface area (Å²) in [5, 5.41) is 9.89. The summed E-state index contributed by atoms with van der Waals surface area (Å²) in [6.07, 6.45) is 0. The van der Waals surface area contributed by atoms with Crippen LogP contribution in [0.2, 0.25) is 0 Å². The van der Waals surface area contributed by atoms with Crippen LogP contribution in [0.15, 0.2) is 168 Å². The zero-order chi connectivity index (χ0) is 30.9. The van der Waals surface area contributed by atoms with Gasteiger partial charge in [-0.05, 0) is 81.2 Å². The molecule has 0 atom stereocenters. The van der Waals surface area contributed by atoms with Gasteiger partial charge in [0, 0.05) is 42.3 Å². The van der Waals surface area contributed by atoms with Crippen LogP contribution in [0.1, 0.15) is 0 Å². The molecule has 0 radical (unpaired) electrons. The Kier molecular flexibility index (Phi) is 5.78. The molecule has 2 heterocycles. The second kappa shape index (κ2) is 10.3. The van der Waals surface area contributed by atoms with E-state index < -0.39 is 0 Å². The molecule has 0 saturated heterocycles. The maximum atomic E-state index is 6.59. The molecule has 2 aromatic heterocycles. The van der Waals surface area contributed by atoms with Gasteiger partial charge in [0.2, 0.25) is 0 Å². The van der Waals surface area contributed by atoms with Gasteiger partial charge >= 0.3 is 0 Å². The van der Waals surface area contributed by atoms with Crippen LogP contribution in [0.25, 0.3) is 74.8 Å². The van der Waals surface area contributed by atoms with Crippen molar-refractivity contribution in [2.24, 2.45) is 0 Å². The number of furan rings is 1. The number of thiophene rings is 1. The third kappa shape index (κ3) is 4.10. The Morgan fingerprint density at radius 2 is 1.17 bits per heavy atom. The van der Waals surface area contributed by atoms with E-state index in [0.29, 0.717) is 0 Å². The smallest absolute Gasteiger partial charge is 0.159 e. The highest BCUT2D eigenvalue weighted by Gasteiger charge is 2.20. The Balaban J connectivity index is 1.19. The number of hydrogen-bond acceptors (Lipinski definition) is 3. The fourth-order valence-electron chi connectivity index (χ4n) is 7.28. The highest BCUT2D eigenvalue weighted by Crippen LogP contribution is 2.45. The predicted molar refractivity (Wildman–Crippen MR) is 202 cm³/mol. The van der Waals surface area contributed by atoms with Gasteiger partial charge < -0.3 is 9.32 Å². The minimum atomic E-state index is 0.881. The van der Waals surface area contributed by atoms with E-state index in [0.717, 1.165) is 39.0 Å². The van der Waals surface area contributed by atoms with E-state index in [2.05, 4.69) is 163 Å². The van der Waals surface area contributed by atoms with Gasteiger partial charge in [0.15, 0.2) is 5.58 Å². The first-order chi connectivity index (χ1) is 23.3. The van der Waals surface area contributed by atoms with Crippen LogP contribution in [0.5, 0.6) is 0 Å². The van der Waals surface area contributed by atoms with Crippen molar-refractivity contribution >= 4 is 92.1 Å². The first-order valence-electron chi connectivity index (χ1n) is 15.9. The summed E-state index contributed by atoms with van der Waals surface area (Å²) < 4.78 is 9.23. The summed E-state index contributed by atoms with van der Waals surface area (Å²) in [4.78, 5) is 2.34. The van der Waals surface area contributed by atoms with E-state index in [1.165, 1.54) is 52.8 Å². The van der Waals surface area contributed by atoms with Crippen LogP contribution in [-0.2, 0) is 0 Å². The third-order valence-electron chi connectivity index (χ3n) is 9.45. The lowest BCUT2D eigenvalue weighted by atomic mass is 9.98. The zero-order valence-electron chi connectivity index (χ0n) is 25.4. The van der Waals surface area contributed by atoms with Gasteiger partial charge in [0.25, 0.3) is 0 Å². The van der Waals surface area contributed by atoms with Crippen molar-refractivity contribution in [3.05, 3.63) is 164 Å². The summed E-state index contributed by atoms with van der Waals surface area (Å²) in [5.41, 5.74) is 7.37. The van der Waals surface area contributed by atoms with Crippen molar-refractivity contribution in [1.29, 1.82) is 0 Å². The van der Waals surface area contributed by atoms with Gasteiger partial charge in [-0.15, -0.1) is 11.3 Å². The lowest BCUT2D eigenvalue weighted by Crippen LogP contribution is -2.10. The van der Waals surface area contributed by atoms with Crippen molar-refractivity contribution in [3.63, 3.8) is 0 Å². The predicted octanol–water partition coefficient (Wildman–Crippen LogP) is 13.4. The van der Waals surface area contributed by atoms with Crippen molar-refractivity contribution in [2.45, 2.75) is 0 Å². The molecule has 0 saturated carbocycles. The SMILES string of the molecule is c1ccc2c(-c3ccc(N(c4ccc5c(ccc6sc7ccccc7c65)c4)c4cccc5c4oc4ccccc45)cc3)cccc2c1. The summed E-state index contributed by atoms with van der Waals surface area (Å²) in [5.74, 6) is 0. The fraction of sp³-hybridized carbons (Fsp3) is 0. The molecule has 0 amide bonds. The van der Waals surface area contributed by atoms with Crippen LogP contribution in [0.4, 0.5) is 17.1 Å². The van der Waals surface area contributed by atoms with Gasteiger partial charge in [0.05, 0.1) is 5.69 Å². The molecule has 2 nitrogen and oxygen atoms in total. The number of anilines is 3. The number of nitrogens with zero attached hydrogens (tertiary/aromatic N) is 1. The molecule has 0 N–H and O–H groups in total. The molecule has 8 aromatic carbocycles. The number of benzene rings is 8. The molecule has 0 spiro atoms. The first-order valence-corrected chi connectivity index (χ1v) is 16.7. The summed E-state index contributed by atoms with van der Waals surface area (Å²) in [7, 11) is 0. The third-order valence-corrected chi connectivity index (χ3v) is 10.6. The normalized spacial score (nSPS) is 11.8. The molecule has 220 valence electrons. The quantitative estimate of drug-likeness (QED) is 0.195. The lowest BCUT2D eigenvalue weighted by Gasteiger charge is -2.26. The van der Waals surface area contributed by atoms with E-state index in [-0.39, 0.29) is 0 Å². The molecular formula is C44H27NOS. The summed E-state index contributed by atoms with van der Waals surface area (Å²) in [6.45, 7) is 0. The topological polar surface area (TPSA) is 16.4 Å². The van der Waals surface area contributed by atoms with Gasteiger partial charge in [-0.1, -0.05) is 115 Å². The van der Waals surface area contributed by atoms with E-state index in [1.807, 2.05) is 17.4 Å². The maximum Gasteiger partial charge on any atom is 0.159 e. The zero-order valence-corrected chi connectivity index (χ0v) is 26.2. The second-order valence-electron chi connectivity index (χ2n) is 12.1. The van der Waals surface area contributed by atoms with E-state index in [1.54, 1.807) is 0 Å². The molecule has 10 rings (SSSR count). The number of hydrogen-bond donors (Lipinski definition) is 0. The van der Waals surface area contributed by atoms with Crippen LogP contribution in [-0.4, -0.2) is 0 Å². The Bertz CT molecular complexity index is 2800. The van der Waals surface area contributed by atoms with Crippen molar-refractivity contribution < 1.29 is 4.42 Å². The number of para-hydroxylation sites is 2.